The molecule has 0 amide bonds. The van der Waals surface area contributed by atoms with Crippen LogP contribution in [0.2, 0.25) is 0 Å². The third-order valence-electron chi connectivity index (χ3n) is 3.68. The molecule has 0 aliphatic heterocycles. The molecular formula is C16H24O2. The quantitative estimate of drug-likeness (QED) is 0.705. The van der Waals surface area contributed by atoms with Gasteiger partial charge in [-0.15, -0.1) is 0 Å². The van der Waals surface area contributed by atoms with Gasteiger partial charge < -0.3 is 9.47 Å². The first-order valence-corrected chi connectivity index (χ1v) is 7.12. The second-order valence-electron chi connectivity index (χ2n) is 5.04. The van der Waals surface area contributed by atoms with Crippen molar-refractivity contribution >= 4 is 0 Å². The number of benzene rings is 1. The molecule has 1 fully saturated rings. The maximum Gasteiger partial charge on any atom is 0.168 e. The SMILES string of the molecule is CCCOC1(OCC)CCC(c2ccccc2)C1. The first-order valence-electron chi connectivity index (χ1n) is 7.12. The molecule has 1 aliphatic carbocycles. The van der Waals surface area contributed by atoms with Gasteiger partial charge in [0.1, 0.15) is 0 Å². The maximum atomic E-state index is 6.01. The van der Waals surface area contributed by atoms with Gasteiger partial charge in [-0.25, -0.2) is 0 Å². The number of ether oxygens (including phenoxy) is 2. The molecule has 1 saturated carbocycles. The molecule has 0 heterocycles. The average molecular weight is 248 g/mol. The van der Waals surface area contributed by atoms with Gasteiger partial charge in [-0.1, -0.05) is 37.3 Å². The molecule has 1 aromatic rings. The molecule has 2 nitrogen and oxygen atoms in total. The van der Waals surface area contributed by atoms with Crippen molar-refractivity contribution in [2.45, 2.75) is 51.2 Å². The third kappa shape index (κ3) is 3.12. The monoisotopic (exact) mass is 248 g/mol. The zero-order chi connectivity index (χ0) is 12.8. The number of rotatable bonds is 6. The lowest BCUT2D eigenvalue weighted by Crippen LogP contribution is -2.33. The minimum absolute atomic E-state index is 0.328. The van der Waals surface area contributed by atoms with Crippen LogP contribution in [0.25, 0.3) is 0 Å². The topological polar surface area (TPSA) is 18.5 Å². The van der Waals surface area contributed by atoms with Crippen LogP contribution in [0, 0.1) is 0 Å². The first-order chi connectivity index (χ1) is 8.79. The van der Waals surface area contributed by atoms with Gasteiger partial charge >= 0.3 is 0 Å². The highest BCUT2D eigenvalue weighted by Crippen LogP contribution is 2.43. The molecule has 1 aliphatic rings. The zero-order valence-corrected chi connectivity index (χ0v) is 11.5. The van der Waals surface area contributed by atoms with Crippen LogP contribution in [0.1, 0.15) is 51.0 Å². The Hall–Kier alpha value is -0.860. The molecule has 2 rings (SSSR count). The van der Waals surface area contributed by atoms with Crippen LogP contribution >= 0.6 is 0 Å². The largest absolute Gasteiger partial charge is 0.350 e. The lowest BCUT2D eigenvalue weighted by Gasteiger charge is -2.29. The lowest BCUT2D eigenvalue weighted by atomic mass is 9.97. The fraction of sp³-hybridized carbons (Fsp3) is 0.625. The minimum atomic E-state index is -0.328. The van der Waals surface area contributed by atoms with E-state index >= 15 is 0 Å². The standard InChI is InChI=1S/C16H24O2/c1-3-12-18-16(17-4-2)11-10-15(13-16)14-8-6-5-7-9-14/h5-9,15H,3-4,10-13H2,1-2H3. The van der Waals surface area contributed by atoms with Crippen molar-refractivity contribution in [1.29, 1.82) is 0 Å². The zero-order valence-electron chi connectivity index (χ0n) is 11.5. The van der Waals surface area contributed by atoms with E-state index in [1.54, 1.807) is 0 Å². The molecule has 0 bridgehead atoms. The minimum Gasteiger partial charge on any atom is -0.350 e. The van der Waals surface area contributed by atoms with E-state index in [-0.39, 0.29) is 5.79 Å². The van der Waals surface area contributed by atoms with Crippen LogP contribution in [0.15, 0.2) is 30.3 Å². The molecule has 0 aromatic heterocycles. The van der Waals surface area contributed by atoms with E-state index in [4.69, 9.17) is 9.47 Å². The summed E-state index contributed by atoms with van der Waals surface area (Å²) in [6.07, 6.45) is 4.21. The Morgan fingerprint density at radius 1 is 1.17 bits per heavy atom. The van der Waals surface area contributed by atoms with Crippen LogP contribution in [-0.2, 0) is 9.47 Å². The highest BCUT2D eigenvalue weighted by atomic mass is 16.7. The summed E-state index contributed by atoms with van der Waals surface area (Å²) < 4.78 is 11.9. The maximum absolute atomic E-state index is 6.01. The predicted molar refractivity (Wildman–Crippen MR) is 73.6 cm³/mol. The van der Waals surface area contributed by atoms with Gasteiger partial charge in [0.15, 0.2) is 5.79 Å². The van der Waals surface area contributed by atoms with Crippen LogP contribution < -0.4 is 0 Å². The van der Waals surface area contributed by atoms with E-state index < -0.39 is 0 Å². The molecular weight excluding hydrogens is 224 g/mol. The van der Waals surface area contributed by atoms with E-state index in [9.17, 15) is 0 Å². The Labute approximate surface area is 110 Å². The Balaban J connectivity index is 2.03. The van der Waals surface area contributed by atoms with Gasteiger partial charge in [-0.3, -0.25) is 0 Å². The van der Waals surface area contributed by atoms with E-state index in [2.05, 4.69) is 37.3 Å². The summed E-state index contributed by atoms with van der Waals surface area (Å²) in [4.78, 5) is 0. The van der Waals surface area contributed by atoms with E-state index in [0.29, 0.717) is 5.92 Å². The summed E-state index contributed by atoms with van der Waals surface area (Å²) in [5.74, 6) is 0.250. The Morgan fingerprint density at radius 2 is 1.94 bits per heavy atom. The molecule has 2 heteroatoms. The molecule has 18 heavy (non-hydrogen) atoms. The van der Waals surface area contributed by atoms with Crippen LogP contribution in [-0.4, -0.2) is 19.0 Å². The molecule has 0 N–H and O–H groups in total. The Kier molecular flexibility index (Phi) is 4.79. The number of hydrogen-bond donors (Lipinski definition) is 0. The first kappa shape index (κ1) is 13.6. The molecule has 2 unspecified atom stereocenters. The van der Waals surface area contributed by atoms with Crippen LogP contribution in [0.4, 0.5) is 0 Å². The van der Waals surface area contributed by atoms with Gasteiger partial charge in [0, 0.05) is 26.1 Å². The van der Waals surface area contributed by atoms with Gasteiger partial charge in [0.05, 0.1) is 0 Å². The van der Waals surface area contributed by atoms with Crippen molar-refractivity contribution in [3.05, 3.63) is 35.9 Å². The fourth-order valence-electron chi connectivity index (χ4n) is 2.84. The van der Waals surface area contributed by atoms with Crippen molar-refractivity contribution in [2.75, 3.05) is 13.2 Å². The molecule has 2 atom stereocenters. The van der Waals surface area contributed by atoms with E-state index in [1.165, 1.54) is 5.56 Å². The summed E-state index contributed by atoms with van der Waals surface area (Å²) in [5.41, 5.74) is 1.42. The Bertz CT molecular complexity index is 349. The second kappa shape index (κ2) is 6.35. The predicted octanol–water partition coefficient (Wildman–Crippen LogP) is 4.11. The summed E-state index contributed by atoms with van der Waals surface area (Å²) in [7, 11) is 0. The van der Waals surface area contributed by atoms with Gasteiger partial charge in [0.2, 0.25) is 0 Å². The summed E-state index contributed by atoms with van der Waals surface area (Å²) >= 11 is 0. The third-order valence-corrected chi connectivity index (χ3v) is 3.68. The van der Waals surface area contributed by atoms with Crippen molar-refractivity contribution in [3.63, 3.8) is 0 Å². The summed E-state index contributed by atoms with van der Waals surface area (Å²) in [6.45, 7) is 5.71. The van der Waals surface area contributed by atoms with Gasteiger partial charge in [0.25, 0.3) is 0 Å². The van der Waals surface area contributed by atoms with E-state index in [1.807, 2.05) is 6.92 Å². The van der Waals surface area contributed by atoms with Crippen molar-refractivity contribution < 1.29 is 9.47 Å². The average Bonchev–Trinajstić information content (AvgIpc) is 2.83. The van der Waals surface area contributed by atoms with Crippen LogP contribution in [0.3, 0.4) is 0 Å². The molecule has 0 radical (unpaired) electrons. The second-order valence-corrected chi connectivity index (χ2v) is 5.04. The van der Waals surface area contributed by atoms with Crippen molar-refractivity contribution in [1.82, 2.24) is 0 Å². The van der Waals surface area contributed by atoms with E-state index in [0.717, 1.165) is 38.9 Å². The fourth-order valence-corrected chi connectivity index (χ4v) is 2.84. The highest BCUT2D eigenvalue weighted by molar-refractivity contribution is 5.21. The summed E-state index contributed by atoms with van der Waals surface area (Å²) in [6, 6.07) is 10.7. The summed E-state index contributed by atoms with van der Waals surface area (Å²) in [5, 5.41) is 0. The lowest BCUT2D eigenvalue weighted by molar-refractivity contribution is -0.230. The molecule has 0 spiro atoms. The molecule has 100 valence electrons. The van der Waals surface area contributed by atoms with Gasteiger partial charge in [-0.2, -0.15) is 0 Å². The van der Waals surface area contributed by atoms with Crippen LogP contribution in [0.5, 0.6) is 0 Å². The number of hydrogen-bond acceptors (Lipinski definition) is 2. The smallest absolute Gasteiger partial charge is 0.168 e. The highest BCUT2D eigenvalue weighted by Gasteiger charge is 2.41. The van der Waals surface area contributed by atoms with Crippen molar-refractivity contribution in [2.24, 2.45) is 0 Å². The normalized spacial score (nSPS) is 27.6. The Morgan fingerprint density at radius 3 is 2.61 bits per heavy atom. The molecule has 0 saturated heterocycles. The van der Waals surface area contributed by atoms with Crippen molar-refractivity contribution in [3.8, 4) is 0 Å². The van der Waals surface area contributed by atoms with Gasteiger partial charge in [-0.05, 0) is 31.2 Å². The molecule has 1 aromatic carbocycles.